The lowest BCUT2D eigenvalue weighted by molar-refractivity contribution is -0.135. The lowest BCUT2D eigenvalue weighted by Crippen LogP contribution is -2.44. The molecule has 60 valence electrons. The van der Waals surface area contributed by atoms with Crippen molar-refractivity contribution in [3.8, 4) is 0 Å². The van der Waals surface area contributed by atoms with Gasteiger partial charge in [-0.2, -0.15) is 0 Å². The molecule has 0 aliphatic carbocycles. The fraction of sp³-hybridized carbons (Fsp3) is 0.333. The Morgan fingerprint density at radius 2 is 2.36 bits per heavy atom. The van der Waals surface area contributed by atoms with Crippen molar-refractivity contribution in [1.29, 1.82) is 0 Å². The normalized spacial score (nSPS) is 23.9. The van der Waals surface area contributed by atoms with Crippen LogP contribution in [0.15, 0.2) is 12.2 Å². The molecule has 1 atom stereocenters. The van der Waals surface area contributed by atoms with E-state index in [2.05, 4.69) is 0 Å². The van der Waals surface area contributed by atoms with Gasteiger partial charge in [-0.1, -0.05) is 6.08 Å². The van der Waals surface area contributed by atoms with Crippen LogP contribution in [0.3, 0.4) is 0 Å². The maximum atomic E-state index is 10.8. The molecule has 0 bridgehead atoms. The Balaban J connectivity index is 2.83. The molecular weight excluding hydrogens is 150 g/mol. The van der Waals surface area contributed by atoms with Crippen molar-refractivity contribution < 1.29 is 19.8 Å². The summed E-state index contributed by atoms with van der Waals surface area (Å²) in [5.41, 5.74) is 0. The molecule has 1 rings (SSSR count). The van der Waals surface area contributed by atoms with Gasteiger partial charge in [-0.25, -0.2) is 9.69 Å². The van der Waals surface area contributed by atoms with Gasteiger partial charge in [0.2, 0.25) is 5.91 Å². The Hall–Kier alpha value is -1.36. The molecule has 0 saturated carbocycles. The average molecular weight is 157 g/mol. The van der Waals surface area contributed by atoms with Gasteiger partial charge in [0.25, 0.3) is 0 Å². The molecule has 0 aromatic carbocycles. The molecule has 5 heteroatoms. The Kier molecular flexibility index (Phi) is 1.91. The van der Waals surface area contributed by atoms with Gasteiger partial charge in [0, 0.05) is 6.42 Å². The monoisotopic (exact) mass is 157 g/mol. The molecule has 0 aromatic heterocycles. The number of aliphatic hydroxyl groups is 1. The predicted molar refractivity (Wildman–Crippen MR) is 34.6 cm³/mol. The van der Waals surface area contributed by atoms with E-state index in [1.165, 1.54) is 12.2 Å². The molecule has 0 spiro atoms. The van der Waals surface area contributed by atoms with Crippen LogP contribution in [0.25, 0.3) is 0 Å². The Labute approximate surface area is 62.5 Å². The highest BCUT2D eigenvalue weighted by Gasteiger charge is 2.27. The molecule has 5 nitrogen and oxygen atoms in total. The van der Waals surface area contributed by atoms with Gasteiger partial charge in [0.1, 0.15) is 0 Å². The third kappa shape index (κ3) is 1.38. The van der Waals surface area contributed by atoms with Crippen LogP contribution in [0.4, 0.5) is 4.79 Å². The van der Waals surface area contributed by atoms with Crippen molar-refractivity contribution >= 4 is 12.0 Å². The molecule has 0 saturated heterocycles. The highest BCUT2D eigenvalue weighted by molar-refractivity contribution is 5.93. The zero-order chi connectivity index (χ0) is 8.43. The Morgan fingerprint density at radius 1 is 1.73 bits per heavy atom. The molecule has 1 unspecified atom stereocenters. The second kappa shape index (κ2) is 2.71. The number of hydrogen-bond donors (Lipinski definition) is 2. The van der Waals surface area contributed by atoms with Crippen LogP contribution >= 0.6 is 0 Å². The molecule has 0 aromatic rings. The third-order valence-corrected chi connectivity index (χ3v) is 1.34. The van der Waals surface area contributed by atoms with Gasteiger partial charge in [0.05, 0.1) is 0 Å². The topological polar surface area (TPSA) is 77.8 Å². The first-order chi connectivity index (χ1) is 5.13. The number of carboxylic acid groups (broad SMARTS) is 1. The summed E-state index contributed by atoms with van der Waals surface area (Å²) in [4.78, 5) is 21.5. The van der Waals surface area contributed by atoms with Crippen LogP contribution in [0, 0.1) is 0 Å². The Bertz CT molecular complexity index is 223. The molecule has 2 amide bonds. The highest BCUT2D eigenvalue weighted by atomic mass is 16.4. The first kappa shape index (κ1) is 7.74. The highest BCUT2D eigenvalue weighted by Crippen LogP contribution is 2.08. The smallest absolute Gasteiger partial charge is 0.416 e. The number of amides is 2. The van der Waals surface area contributed by atoms with E-state index < -0.39 is 18.2 Å². The van der Waals surface area contributed by atoms with Gasteiger partial charge in [-0.05, 0) is 6.08 Å². The second-order valence-corrected chi connectivity index (χ2v) is 2.09. The molecule has 2 N–H and O–H groups in total. The SMILES string of the molecule is O=C(O)N1C(=O)CC=CC1O. The van der Waals surface area contributed by atoms with E-state index in [-0.39, 0.29) is 6.42 Å². The molecule has 1 aliphatic rings. The van der Waals surface area contributed by atoms with E-state index in [4.69, 9.17) is 10.2 Å². The number of hydrogen-bond acceptors (Lipinski definition) is 3. The van der Waals surface area contributed by atoms with Crippen molar-refractivity contribution in [3.05, 3.63) is 12.2 Å². The maximum Gasteiger partial charge on any atom is 0.416 e. The predicted octanol–water partition coefficient (Wildman–Crippen LogP) is -0.229. The number of aliphatic hydroxyl groups excluding tert-OH is 1. The second-order valence-electron chi connectivity index (χ2n) is 2.09. The van der Waals surface area contributed by atoms with E-state index in [1.54, 1.807) is 0 Å². The van der Waals surface area contributed by atoms with Crippen LogP contribution in [-0.4, -0.2) is 33.3 Å². The summed E-state index contributed by atoms with van der Waals surface area (Å²) < 4.78 is 0. The van der Waals surface area contributed by atoms with Crippen LogP contribution in [0.5, 0.6) is 0 Å². The first-order valence-electron chi connectivity index (χ1n) is 3.02. The van der Waals surface area contributed by atoms with Crippen LogP contribution in [0.2, 0.25) is 0 Å². The number of rotatable bonds is 0. The molecule has 1 heterocycles. The van der Waals surface area contributed by atoms with Crippen LogP contribution < -0.4 is 0 Å². The summed E-state index contributed by atoms with van der Waals surface area (Å²) >= 11 is 0. The zero-order valence-corrected chi connectivity index (χ0v) is 5.60. The standard InChI is InChI=1S/C6H7NO4/c8-4-2-1-3-5(9)7(4)6(10)11/h1-2,4,8H,3H2,(H,10,11). The molecule has 1 aliphatic heterocycles. The lowest BCUT2D eigenvalue weighted by atomic mass is 10.2. The largest absolute Gasteiger partial charge is 0.465 e. The lowest BCUT2D eigenvalue weighted by Gasteiger charge is -2.23. The van der Waals surface area contributed by atoms with Gasteiger partial charge >= 0.3 is 6.09 Å². The summed E-state index contributed by atoms with van der Waals surface area (Å²) in [6.07, 6.45) is -0.0219. The van der Waals surface area contributed by atoms with E-state index in [1.807, 2.05) is 0 Å². The molecule has 0 fully saturated rings. The third-order valence-electron chi connectivity index (χ3n) is 1.34. The Morgan fingerprint density at radius 3 is 2.73 bits per heavy atom. The molecule has 11 heavy (non-hydrogen) atoms. The van der Waals surface area contributed by atoms with E-state index in [0.29, 0.717) is 4.90 Å². The van der Waals surface area contributed by atoms with Crippen molar-refractivity contribution in [3.63, 3.8) is 0 Å². The molecule has 0 radical (unpaired) electrons. The number of carbonyl (C=O) groups is 2. The summed E-state index contributed by atoms with van der Waals surface area (Å²) in [6, 6.07) is 0. The van der Waals surface area contributed by atoms with Crippen molar-refractivity contribution in [2.45, 2.75) is 12.6 Å². The van der Waals surface area contributed by atoms with Gasteiger partial charge in [-0.15, -0.1) is 0 Å². The van der Waals surface area contributed by atoms with Crippen LogP contribution in [0.1, 0.15) is 6.42 Å². The van der Waals surface area contributed by atoms with Crippen molar-refractivity contribution in [1.82, 2.24) is 4.90 Å². The first-order valence-corrected chi connectivity index (χ1v) is 3.02. The maximum absolute atomic E-state index is 10.8. The van der Waals surface area contributed by atoms with E-state index in [0.717, 1.165) is 0 Å². The minimum atomic E-state index is -1.42. The van der Waals surface area contributed by atoms with E-state index >= 15 is 0 Å². The van der Waals surface area contributed by atoms with Crippen molar-refractivity contribution in [2.24, 2.45) is 0 Å². The fourth-order valence-corrected chi connectivity index (χ4v) is 0.842. The average Bonchev–Trinajstić information content (AvgIpc) is 1.85. The quantitative estimate of drug-likeness (QED) is 0.476. The fourth-order valence-electron chi connectivity index (χ4n) is 0.842. The minimum absolute atomic E-state index is 0.0311. The van der Waals surface area contributed by atoms with Gasteiger partial charge in [0.15, 0.2) is 6.23 Å². The number of nitrogens with zero attached hydrogens (tertiary/aromatic N) is 1. The summed E-state index contributed by atoms with van der Waals surface area (Å²) in [5, 5.41) is 17.3. The molecular formula is C6H7NO4. The summed E-state index contributed by atoms with van der Waals surface area (Å²) in [7, 11) is 0. The van der Waals surface area contributed by atoms with E-state index in [9.17, 15) is 9.59 Å². The van der Waals surface area contributed by atoms with Gasteiger partial charge in [-0.3, -0.25) is 4.79 Å². The summed E-state index contributed by atoms with van der Waals surface area (Å²) in [5.74, 6) is -0.604. The number of imide groups is 1. The summed E-state index contributed by atoms with van der Waals surface area (Å²) in [6.45, 7) is 0. The zero-order valence-electron chi connectivity index (χ0n) is 5.60. The van der Waals surface area contributed by atoms with Crippen molar-refractivity contribution in [2.75, 3.05) is 0 Å². The number of carbonyl (C=O) groups excluding carboxylic acids is 1. The van der Waals surface area contributed by atoms with Gasteiger partial charge < -0.3 is 10.2 Å². The van der Waals surface area contributed by atoms with Crippen LogP contribution in [-0.2, 0) is 4.79 Å². The minimum Gasteiger partial charge on any atom is -0.465 e.